The van der Waals surface area contributed by atoms with Crippen molar-refractivity contribution in [2.24, 2.45) is 0 Å². The largest absolute Gasteiger partial charge is 0.473 e. The topological polar surface area (TPSA) is 85.7 Å². The molecule has 1 unspecified atom stereocenters. The van der Waals surface area contributed by atoms with E-state index in [0.717, 1.165) is 22.9 Å². The molecule has 7 nitrogen and oxygen atoms in total. The summed E-state index contributed by atoms with van der Waals surface area (Å²) >= 11 is 0. The minimum absolute atomic E-state index is 0.00341. The summed E-state index contributed by atoms with van der Waals surface area (Å²) in [6, 6.07) is 42.7. The number of anilines is 1. The molecule has 0 aromatic heterocycles. The first-order valence-electron chi connectivity index (χ1n) is 16.7. The Kier molecular flexibility index (Phi) is 10.8. The number of benzene rings is 5. The summed E-state index contributed by atoms with van der Waals surface area (Å²) in [5, 5.41) is 11.4. The van der Waals surface area contributed by atoms with Gasteiger partial charge in [-0.15, -0.1) is 0 Å². The lowest BCUT2D eigenvalue weighted by molar-refractivity contribution is -0.134. The lowest BCUT2D eigenvalue weighted by Crippen LogP contribution is -2.50. The van der Waals surface area contributed by atoms with Gasteiger partial charge in [0.15, 0.2) is 0 Å². The highest BCUT2D eigenvalue weighted by atomic mass is 19.1. The van der Waals surface area contributed by atoms with Crippen molar-refractivity contribution >= 4 is 23.7 Å². The van der Waals surface area contributed by atoms with Gasteiger partial charge in [-0.3, -0.25) is 9.59 Å². The van der Waals surface area contributed by atoms with Crippen LogP contribution < -0.4 is 5.32 Å². The predicted octanol–water partition coefficient (Wildman–Crippen LogP) is 8.05. The number of rotatable bonds is 11. The molecule has 1 heterocycles. The molecule has 1 aliphatic rings. The third-order valence-electron chi connectivity index (χ3n) is 8.93. The van der Waals surface area contributed by atoms with Crippen LogP contribution in [0.3, 0.4) is 0 Å². The SMILES string of the molecule is CC(C(=O)N1CCN(/C(C=N)=C(\OC(c2ccccc2)c2ccccc2)C(=O)Nc2ccccc2)CC1)c1ccc(-c2ccccc2)c(F)c1. The Morgan fingerprint density at radius 1 is 0.720 bits per heavy atom. The molecule has 2 N–H and O–H groups in total. The first-order chi connectivity index (χ1) is 24.4. The van der Waals surface area contributed by atoms with Gasteiger partial charge >= 0.3 is 0 Å². The van der Waals surface area contributed by atoms with Crippen LogP contribution in [0.4, 0.5) is 10.1 Å². The summed E-state index contributed by atoms with van der Waals surface area (Å²) in [4.78, 5) is 31.3. The average Bonchev–Trinajstić information content (AvgIpc) is 3.17. The van der Waals surface area contributed by atoms with Crippen LogP contribution in [0.5, 0.6) is 0 Å². The van der Waals surface area contributed by atoms with Crippen LogP contribution in [0.15, 0.2) is 151 Å². The van der Waals surface area contributed by atoms with E-state index in [1.54, 1.807) is 30.0 Å². The summed E-state index contributed by atoms with van der Waals surface area (Å²) in [5.41, 5.74) is 4.49. The van der Waals surface area contributed by atoms with Gasteiger partial charge in [0, 0.05) is 43.6 Å². The zero-order valence-corrected chi connectivity index (χ0v) is 27.8. The van der Waals surface area contributed by atoms with E-state index in [2.05, 4.69) is 5.32 Å². The van der Waals surface area contributed by atoms with E-state index in [1.807, 2.05) is 120 Å². The molecule has 252 valence electrons. The number of amides is 2. The van der Waals surface area contributed by atoms with Gasteiger partial charge in [0.2, 0.25) is 11.7 Å². The average molecular weight is 667 g/mol. The maximum atomic E-state index is 15.2. The van der Waals surface area contributed by atoms with Crippen LogP contribution >= 0.6 is 0 Å². The molecule has 1 saturated heterocycles. The third-order valence-corrected chi connectivity index (χ3v) is 8.93. The Bertz CT molecular complexity index is 1910. The molecule has 1 aliphatic heterocycles. The lowest BCUT2D eigenvalue weighted by Gasteiger charge is -2.38. The van der Waals surface area contributed by atoms with Crippen LogP contribution in [-0.2, 0) is 14.3 Å². The number of carbonyl (C=O) groups is 2. The van der Waals surface area contributed by atoms with Crippen molar-refractivity contribution in [3.05, 3.63) is 173 Å². The molecule has 5 aromatic rings. The van der Waals surface area contributed by atoms with Gasteiger partial charge in [0.1, 0.15) is 17.6 Å². The summed E-state index contributed by atoms with van der Waals surface area (Å²) < 4.78 is 21.8. The summed E-state index contributed by atoms with van der Waals surface area (Å²) in [6.07, 6.45) is 0.519. The molecule has 2 amide bonds. The monoisotopic (exact) mass is 666 g/mol. The highest BCUT2D eigenvalue weighted by Gasteiger charge is 2.31. The first kappa shape index (κ1) is 33.9. The van der Waals surface area contributed by atoms with Crippen molar-refractivity contribution in [1.82, 2.24) is 9.80 Å². The number of carbonyl (C=O) groups excluding carboxylic acids is 2. The molecule has 0 radical (unpaired) electrons. The number of para-hydroxylation sites is 1. The van der Waals surface area contributed by atoms with Crippen LogP contribution in [0.25, 0.3) is 11.1 Å². The Labute approximate surface area is 292 Å². The minimum Gasteiger partial charge on any atom is -0.473 e. The van der Waals surface area contributed by atoms with E-state index in [1.165, 1.54) is 6.07 Å². The van der Waals surface area contributed by atoms with E-state index < -0.39 is 17.9 Å². The van der Waals surface area contributed by atoms with Gasteiger partial charge in [-0.25, -0.2) is 4.39 Å². The Balaban J connectivity index is 1.24. The van der Waals surface area contributed by atoms with Crippen molar-refractivity contribution in [2.45, 2.75) is 18.9 Å². The maximum absolute atomic E-state index is 15.2. The molecular formula is C42H39FN4O3. The number of ether oxygens (including phenoxy) is 1. The van der Waals surface area contributed by atoms with Gasteiger partial charge in [-0.2, -0.15) is 0 Å². The van der Waals surface area contributed by atoms with Crippen LogP contribution in [0, 0.1) is 11.2 Å². The van der Waals surface area contributed by atoms with Crippen molar-refractivity contribution in [3.8, 4) is 11.1 Å². The van der Waals surface area contributed by atoms with Crippen LogP contribution in [0.2, 0.25) is 0 Å². The summed E-state index contributed by atoms with van der Waals surface area (Å²) in [5.74, 6) is -1.51. The number of hydrogen-bond acceptors (Lipinski definition) is 5. The van der Waals surface area contributed by atoms with E-state index in [0.29, 0.717) is 48.7 Å². The molecule has 8 heteroatoms. The van der Waals surface area contributed by atoms with Gasteiger partial charge in [0.05, 0.1) is 5.92 Å². The standard InChI is InChI=1S/C42H39FN4O3/c1-30(34-22-23-36(37(43)28-34)31-14-6-2-7-15-31)42(49)47-26-24-46(25-27-47)38(29-44)40(41(48)45-35-20-12-5-13-21-35)50-39(32-16-8-3-9-17-32)33-18-10-4-11-19-33/h2-23,28-30,39,44H,24-27H2,1H3,(H,45,48)/b40-38-,44-29?. The second-order valence-electron chi connectivity index (χ2n) is 12.1. The second kappa shape index (κ2) is 15.9. The Hall–Kier alpha value is -6.02. The Morgan fingerprint density at radius 2 is 1.24 bits per heavy atom. The fourth-order valence-electron chi connectivity index (χ4n) is 6.18. The van der Waals surface area contributed by atoms with E-state index in [-0.39, 0.29) is 17.5 Å². The molecule has 50 heavy (non-hydrogen) atoms. The number of halogens is 1. The van der Waals surface area contributed by atoms with Crippen molar-refractivity contribution < 1.29 is 18.7 Å². The van der Waals surface area contributed by atoms with Crippen molar-refractivity contribution in [2.75, 3.05) is 31.5 Å². The molecule has 5 aromatic carbocycles. The molecule has 1 atom stereocenters. The predicted molar refractivity (Wildman–Crippen MR) is 195 cm³/mol. The minimum atomic E-state index is -0.624. The van der Waals surface area contributed by atoms with E-state index in [9.17, 15) is 9.59 Å². The van der Waals surface area contributed by atoms with Crippen molar-refractivity contribution in [1.29, 1.82) is 5.41 Å². The van der Waals surface area contributed by atoms with Crippen LogP contribution in [-0.4, -0.2) is 54.0 Å². The van der Waals surface area contributed by atoms with E-state index >= 15 is 4.39 Å². The number of piperazine rings is 1. The zero-order valence-electron chi connectivity index (χ0n) is 27.8. The maximum Gasteiger partial charge on any atom is 0.293 e. The highest BCUT2D eigenvalue weighted by Crippen LogP contribution is 2.31. The molecular weight excluding hydrogens is 627 g/mol. The molecule has 6 rings (SSSR count). The lowest BCUT2D eigenvalue weighted by atomic mass is 9.95. The van der Waals surface area contributed by atoms with Crippen molar-refractivity contribution in [3.63, 3.8) is 0 Å². The molecule has 1 fully saturated rings. The smallest absolute Gasteiger partial charge is 0.293 e. The van der Waals surface area contributed by atoms with E-state index in [4.69, 9.17) is 10.1 Å². The first-order valence-corrected chi connectivity index (χ1v) is 16.7. The number of nitrogens with zero attached hydrogens (tertiary/aromatic N) is 2. The molecule has 0 bridgehead atoms. The number of nitrogens with one attached hydrogen (secondary N) is 2. The van der Waals surface area contributed by atoms with Crippen LogP contribution in [0.1, 0.15) is 35.6 Å². The quantitative estimate of drug-likeness (QED) is 0.0849. The number of allylic oxidation sites excluding steroid dienone is 1. The molecule has 0 aliphatic carbocycles. The number of hydrogen-bond donors (Lipinski definition) is 2. The summed E-state index contributed by atoms with van der Waals surface area (Å²) in [7, 11) is 0. The fourth-order valence-corrected chi connectivity index (χ4v) is 6.18. The van der Waals surface area contributed by atoms with Gasteiger partial charge in [0.25, 0.3) is 5.91 Å². The molecule has 0 saturated carbocycles. The second-order valence-corrected chi connectivity index (χ2v) is 12.1. The van der Waals surface area contributed by atoms with Gasteiger partial charge in [-0.05, 0) is 47.4 Å². The normalized spacial score (nSPS) is 14.1. The zero-order chi connectivity index (χ0) is 34.9. The fraction of sp³-hybridized carbons (Fsp3) is 0.167. The van der Waals surface area contributed by atoms with Gasteiger partial charge < -0.3 is 25.3 Å². The third kappa shape index (κ3) is 7.81. The van der Waals surface area contributed by atoms with Gasteiger partial charge in [-0.1, -0.05) is 121 Å². The summed E-state index contributed by atoms with van der Waals surface area (Å²) in [6.45, 7) is 3.26. The molecule has 0 spiro atoms. The Morgan fingerprint density at radius 3 is 1.78 bits per heavy atom. The highest BCUT2D eigenvalue weighted by molar-refractivity contribution is 6.05.